The van der Waals surface area contributed by atoms with Crippen molar-refractivity contribution in [3.63, 3.8) is 0 Å². The largest absolute Gasteiger partial charge is 0.496 e. The van der Waals surface area contributed by atoms with Crippen molar-refractivity contribution in [1.82, 2.24) is 19.6 Å². The van der Waals surface area contributed by atoms with Crippen molar-refractivity contribution in [2.45, 2.75) is 65.2 Å². The van der Waals surface area contributed by atoms with Crippen molar-refractivity contribution in [3.8, 4) is 11.5 Å². The maximum absolute atomic E-state index is 15.6. The second kappa shape index (κ2) is 14.9. The van der Waals surface area contributed by atoms with Gasteiger partial charge >= 0.3 is 24.0 Å². The van der Waals surface area contributed by atoms with Crippen molar-refractivity contribution in [3.05, 3.63) is 117 Å². The first-order valence-corrected chi connectivity index (χ1v) is 19.5. The Balaban J connectivity index is 1.42. The zero-order chi connectivity index (χ0) is 42.7. The fraction of sp³-hybridized carbons (Fsp3) is 0.318. The van der Waals surface area contributed by atoms with Crippen LogP contribution in [0.4, 0.5) is 21.0 Å². The van der Waals surface area contributed by atoms with E-state index < -0.39 is 60.2 Å². The Kier molecular flexibility index (Phi) is 9.88. The molecular weight excluding hydrogens is 773 g/mol. The lowest BCUT2D eigenvalue weighted by molar-refractivity contribution is -0.191. The van der Waals surface area contributed by atoms with Crippen LogP contribution in [-0.4, -0.2) is 94.2 Å². The minimum absolute atomic E-state index is 0.160. The maximum atomic E-state index is 15.6. The molecule has 0 unspecified atom stereocenters. The molecule has 2 fully saturated rings. The molecule has 4 aromatic rings. The summed E-state index contributed by atoms with van der Waals surface area (Å²) in [5.74, 6) is -2.30. The minimum atomic E-state index is -2.51. The van der Waals surface area contributed by atoms with E-state index >= 15 is 19.2 Å². The summed E-state index contributed by atoms with van der Waals surface area (Å²) in [5, 5.41) is 6.09. The lowest BCUT2D eigenvalue weighted by Gasteiger charge is -2.43. The molecule has 4 aliphatic rings. The van der Waals surface area contributed by atoms with Crippen LogP contribution in [0, 0.1) is 13.8 Å². The van der Waals surface area contributed by atoms with Crippen LogP contribution in [0.2, 0.25) is 0 Å². The molecule has 60 heavy (non-hydrogen) atoms. The van der Waals surface area contributed by atoms with Gasteiger partial charge in [-0.25, -0.2) is 19.2 Å². The van der Waals surface area contributed by atoms with Crippen LogP contribution in [0.15, 0.2) is 72.8 Å². The molecule has 0 radical (unpaired) electrons. The third kappa shape index (κ3) is 5.42. The molecule has 2 N–H and O–H groups in total. The van der Waals surface area contributed by atoms with Crippen molar-refractivity contribution >= 4 is 47.2 Å². The highest BCUT2D eigenvalue weighted by Crippen LogP contribution is 2.59. The van der Waals surface area contributed by atoms with Gasteiger partial charge in [0.25, 0.3) is 23.1 Å². The smallest absolute Gasteiger partial charge is 0.358 e. The van der Waals surface area contributed by atoms with Gasteiger partial charge in [-0.05, 0) is 75.2 Å². The van der Waals surface area contributed by atoms with Gasteiger partial charge in [0.15, 0.2) is 0 Å². The van der Waals surface area contributed by atoms with Gasteiger partial charge in [-0.2, -0.15) is 0 Å². The van der Waals surface area contributed by atoms with Gasteiger partial charge in [0.2, 0.25) is 0 Å². The highest BCUT2D eigenvalue weighted by Gasteiger charge is 2.87. The number of urea groups is 2. The predicted octanol–water partition coefficient (Wildman–Crippen LogP) is 5.55. The topological polar surface area (TPSA) is 176 Å². The number of ether oxygens (including phenoxy) is 4. The highest BCUT2D eigenvalue weighted by molar-refractivity contribution is 6.11. The number of amides is 6. The predicted molar refractivity (Wildman–Crippen MR) is 216 cm³/mol. The molecule has 0 spiro atoms. The van der Waals surface area contributed by atoms with Gasteiger partial charge in [-0.1, -0.05) is 36.4 Å². The number of carbonyl (C=O) groups is 6. The normalized spacial score (nSPS) is 19.7. The first-order valence-electron chi connectivity index (χ1n) is 19.5. The Hall–Kier alpha value is -7.10. The second-order valence-corrected chi connectivity index (χ2v) is 14.7. The molecule has 16 heteroatoms. The number of benzene rings is 4. The fourth-order valence-corrected chi connectivity index (χ4v) is 9.19. The van der Waals surface area contributed by atoms with Crippen molar-refractivity contribution < 1.29 is 47.7 Å². The number of rotatable bonds is 10. The summed E-state index contributed by atoms with van der Waals surface area (Å²) in [4.78, 5) is 94.0. The average molecular weight is 817 g/mol. The van der Waals surface area contributed by atoms with E-state index in [0.29, 0.717) is 67.4 Å². The van der Waals surface area contributed by atoms with Crippen LogP contribution in [0.5, 0.6) is 11.5 Å². The zero-order valence-corrected chi connectivity index (χ0v) is 34.0. The second-order valence-electron chi connectivity index (χ2n) is 14.7. The van der Waals surface area contributed by atoms with E-state index in [9.17, 15) is 9.59 Å². The lowest BCUT2D eigenvalue weighted by Crippen LogP contribution is -2.75. The Morgan fingerprint density at radius 3 is 1.20 bits per heavy atom. The van der Waals surface area contributed by atoms with Gasteiger partial charge in [0, 0.05) is 44.8 Å². The number of hydrogen-bond acceptors (Lipinski definition) is 10. The summed E-state index contributed by atoms with van der Waals surface area (Å²) in [6.07, 6.45) is 0. The maximum Gasteiger partial charge on any atom is 0.358 e. The molecular formula is C44H44N6O10. The van der Waals surface area contributed by atoms with Crippen LogP contribution in [-0.2, 0) is 45.2 Å². The zero-order valence-electron chi connectivity index (χ0n) is 34.0. The van der Waals surface area contributed by atoms with Crippen molar-refractivity contribution in [2.24, 2.45) is 0 Å². The number of anilines is 2. The summed E-state index contributed by atoms with van der Waals surface area (Å²) in [5.41, 5.74) is -1.01. The summed E-state index contributed by atoms with van der Waals surface area (Å²) >= 11 is 0. The van der Waals surface area contributed by atoms with Crippen LogP contribution in [0.3, 0.4) is 0 Å². The van der Waals surface area contributed by atoms with Crippen LogP contribution in [0.25, 0.3) is 0 Å². The Morgan fingerprint density at radius 2 is 0.883 bits per heavy atom. The number of nitrogens with one attached hydrogen (secondary N) is 2. The quantitative estimate of drug-likeness (QED) is 0.193. The third-order valence-corrected chi connectivity index (χ3v) is 12.0. The molecule has 0 aromatic heterocycles. The van der Waals surface area contributed by atoms with Gasteiger partial charge in [0.1, 0.15) is 11.5 Å². The SMILES string of the molecule is CCOC(=O)C12N3Cc4c(OC)ccc(OC)c4CN1C(=O)N1Cc4c(c(NC(=O)c5ccccc5)c(C)c(C)c4NC(=O)c4ccccc4)CN(C3=O)C12C(=O)OCC. The number of methoxy groups -OCH3 is 2. The van der Waals surface area contributed by atoms with Crippen LogP contribution < -0.4 is 20.1 Å². The molecule has 0 saturated carbocycles. The molecule has 0 atom stereocenters. The summed E-state index contributed by atoms with van der Waals surface area (Å²) in [6.45, 7) is 4.90. The van der Waals surface area contributed by atoms with Crippen molar-refractivity contribution in [2.75, 3.05) is 38.1 Å². The molecule has 310 valence electrons. The number of esters is 2. The average Bonchev–Trinajstić information content (AvgIpc) is 3.41. The molecule has 16 nitrogen and oxygen atoms in total. The number of carbonyl (C=O) groups excluding carboxylic acids is 6. The Bertz CT molecular complexity index is 2330. The molecule has 0 bridgehead atoms. The molecule has 6 amide bonds. The summed E-state index contributed by atoms with van der Waals surface area (Å²) < 4.78 is 23.1. The van der Waals surface area contributed by atoms with E-state index in [1.807, 2.05) is 0 Å². The van der Waals surface area contributed by atoms with Crippen molar-refractivity contribution in [1.29, 1.82) is 0 Å². The molecule has 4 aliphatic heterocycles. The van der Waals surface area contributed by atoms with Crippen LogP contribution in [0.1, 0.15) is 67.9 Å². The summed E-state index contributed by atoms with van der Waals surface area (Å²) in [6, 6.07) is 18.8. The molecule has 2 saturated heterocycles. The van der Waals surface area contributed by atoms with Gasteiger partial charge in [-0.3, -0.25) is 29.2 Å². The fourth-order valence-electron chi connectivity index (χ4n) is 9.19. The Morgan fingerprint density at radius 1 is 0.550 bits per heavy atom. The Labute approximate surface area is 345 Å². The van der Waals surface area contributed by atoms with E-state index in [2.05, 4.69) is 10.6 Å². The summed E-state index contributed by atoms with van der Waals surface area (Å²) in [7, 11) is 2.92. The number of fused-ring (bicyclic) bond motifs is 2. The van der Waals surface area contributed by atoms with Gasteiger partial charge in [-0.15, -0.1) is 0 Å². The molecule has 4 aromatic carbocycles. The van der Waals surface area contributed by atoms with Gasteiger partial charge < -0.3 is 29.6 Å². The highest BCUT2D eigenvalue weighted by atomic mass is 16.6. The van der Waals surface area contributed by atoms with E-state index in [1.54, 1.807) is 100 Å². The van der Waals surface area contributed by atoms with E-state index in [-0.39, 0.29) is 26.3 Å². The van der Waals surface area contributed by atoms with E-state index in [0.717, 1.165) is 0 Å². The first-order chi connectivity index (χ1) is 28.9. The third-order valence-electron chi connectivity index (χ3n) is 12.0. The van der Waals surface area contributed by atoms with Crippen LogP contribution >= 0.6 is 0 Å². The molecule has 0 aliphatic carbocycles. The first kappa shape index (κ1) is 39.7. The molecule has 8 rings (SSSR count). The molecule has 4 heterocycles. The van der Waals surface area contributed by atoms with E-state index in [4.69, 9.17) is 18.9 Å². The standard InChI is InChI=1S/C44H44N6O10/c1-7-59-39(53)43-44(40(54)60-8-2)49-23-31-32(24-50(44)42(56)48(43)22-30-29(21-47(43)41(49)55)33(57-5)19-20-34(30)58-6)36(46-38(52)28-17-13-10-14-18-28)26(4)25(3)35(31)45-37(51)27-15-11-9-12-16-27/h9-20H,7-8,21-24H2,1-6H3,(H,45,51)(H,46,52). The monoisotopic (exact) mass is 816 g/mol. The minimum Gasteiger partial charge on any atom is -0.496 e. The van der Waals surface area contributed by atoms with E-state index in [1.165, 1.54) is 33.8 Å². The number of hydrogen-bond donors (Lipinski definition) is 2. The number of nitrogens with zero attached hydrogens (tertiary/aromatic N) is 4. The van der Waals surface area contributed by atoms with Gasteiger partial charge in [0.05, 0.1) is 53.6 Å². The lowest BCUT2D eigenvalue weighted by atomic mass is 9.90.